The van der Waals surface area contributed by atoms with Gasteiger partial charge in [-0.3, -0.25) is 4.79 Å². The summed E-state index contributed by atoms with van der Waals surface area (Å²) in [6.45, 7) is 12.1. The van der Waals surface area contributed by atoms with Crippen LogP contribution in [0.3, 0.4) is 0 Å². The normalized spacial score (nSPS) is 11.1. The summed E-state index contributed by atoms with van der Waals surface area (Å²) in [6, 6.07) is 12.4. The summed E-state index contributed by atoms with van der Waals surface area (Å²) in [6.07, 6.45) is 1.76. The van der Waals surface area contributed by atoms with Crippen molar-refractivity contribution in [1.82, 2.24) is 4.90 Å². The molecule has 0 spiro atoms. The Labute approximate surface area is 127 Å². The molecule has 110 valence electrons. The van der Waals surface area contributed by atoms with Crippen molar-refractivity contribution in [3.63, 3.8) is 0 Å². The van der Waals surface area contributed by atoms with Crippen molar-refractivity contribution in [2.45, 2.75) is 39.8 Å². The minimum atomic E-state index is 0.0700. The molecule has 0 heterocycles. The van der Waals surface area contributed by atoms with Crippen molar-refractivity contribution in [3.8, 4) is 0 Å². The number of hydrogen-bond donors (Lipinski definition) is 0. The van der Waals surface area contributed by atoms with Gasteiger partial charge in [0, 0.05) is 17.6 Å². The number of carbonyl (C=O) groups is 1. The first-order chi connectivity index (χ1) is 9.95. The second-order valence-electron chi connectivity index (χ2n) is 5.89. The maximum absolute atomic E-state index is 12.9. The summed E-state index contributed by atoms with van der Waals surface area (Å²) < 4.78 is 0. The van der Waals surface area contributed by atoms with Crippen molar-refractivity contribution in [2.75, 3.05) is 0 Å². The summed E-state index contributed by atoms with van der Waals surface area (Å²) >= 11 is 0. The molecule has 0 aromatic heterocycles. The van der Waals surface area contributed by atoms with Crippen LogP contribution in [0.25, 0.3) is 16.8 Å². The highest BCUT2D eigenvalue weighted by Gasteiger charge is 2.23. The van der Waals surface area contributed by atoms with Crippen LogP contribution >= 0.6 is 0 Å². The van der Waals surface area contributed by atoms with E-state index in [0.717, 1.165) is 21.9 Å². The van der Waals surface area contributed by atoms with Crippen LogP contribution in [0.1, 0.15) is 43.6 Å². The van der Waals surface area contributed by atoms with Gasteiger partial charge in [-0.05, 0) is 56.2 Å². The number of amides is 1. The molecule has 0 saturated heterocycles. The fourth-order valence-corrected chi connectivity index (χ4v) is 2.82. The van der Waals surface area contributed by atoms with E-state index in [0.29, 0.717) is 0 Å². The maximum atomic E-state index is 12.9. The fourth-order valence-electron chi connectivity index (χ4n) is 2.82. The van der Waals surface area contributed by atoms with E-state index >= 15 is 0 Å². The smallest absolute Gasteiger partial charge is 0.254 e. The van der Waals surface area contributed by atoms with Gasteiger partial charge >= 0.3 is 0 Å². The molecule has 21 heavy (non-hydrogen) atoms. The molecule has 2 heteroatoms. The average molecular weight is 281 g/mol. The van der Waals surface area contributed by atoms with E-state index in [2.05, 4.69) is 12.6 Å². The van der Waals surface area contributed by atoms with Gasteiger partial charge in [0.25, 0.3) is 5.91 Å². The lowest BCUT2D eigenvalue weighted by atomic mass is 9.99. The average Bonchev–Trinajstić information content (AvgIpc) is 2.44. The van der Waals surface area contributed by atoms with E-state index < -0.39 is 0 Å². The molecular weight excluding hydrogens is 258 g/mol. The van der Waals surface area contributed by atoms with Gasteiger partial charge in [0.15, 0.2) is 0 Å². The first kappa shape index (κ1) is 15.3. The number of nitrogens with zero attached hydrogens (tertiary/aromatic N) is 1. The molecule has 2 nitrogen and oxygen atoms in total. The second-order valence-corrected chi connectivity index (χ2v) is 5.89. The Morgan fingerprint density at radius 1 is 1.05 bits per heavy atom. The van der Waals surface area contributed by atoms with Gasteiger partial charge in [0.1, 0.15) is 0 Å². The zero-order valence-corrected chi connectivity index (χ0v) is 13.3. The fraction of sp³-hybridized carbons (Fsp3) is 0.316. The van der Waals surface area contributed by atoms with Crippen LogP contribution < -0.4 is 0 Å². The number of benzene rings is 2. The molecule has 0 N–H and O–H groups in total. The highest BCUT2D eigenvalue weighted by Crippen LogP contribution is 2.23. The summed E-state index contributed by atoms with van der Waals surface area (Å²) in [4.78, 5) is 14.8. The van der Waals surface area contributed by atoms with Gasteiger partial charge in [0.05, 0.1) is 0 Å². The quantitative estimate of drug-likeness (QED) is 0.792. The van der Waals surface area contributed by atoms with E-state index in [4.69, 9.17) is 0 Å². The number of hydrogen-bond acceptors (Lipinski definition) is 1. The van der Waals surface area contributed by atoms with Crippen molar-refractivity contribution >= 4 is 22.8 Å². The molecule has 0 atom stereocenters. The second kappa shape index (κ2) is 6.13. The molecule has 1 amide bonds. The van der Waals surface area contributed by atoms with Crippen LogP contribution in [-0.4, -0.2) is 22.9 Å². The van der Waals surface area contributed by atoms with Crippen LogP contribution in [0.15, 0.2) is 43.0 Å². The van der Waals surface area contributed by atoms with Gasteiger partial charge in [-0.25, -0.2) is 0 Å². The molecule has 0 aliphatic rings. The minimum absolute atomic E-state index is 0.0700. The maximum Gasteiger partial charge on any atom is 0.254 e. The Morgan fingerprint density at radius 3 is 2.05 bits per heavy atom. The number of rotatable bonds is 4. The lowest BCUT2D eigenvalue weighted by Crippen LogP contribution is -2.42. The lowest BCUT2D eigenvalue weighted by molar-refractivity contribution is 0.0643. The third-order valence-corrected chi connectivity index (χ3v) is 3.72. The summed E-state index contributed by atoms with van der Waals surface area (Å²) in [5.74, 6) is 0.0700. The van der Waals surface area contributed by atoms with Gasteiger partial charge < -0.3 is 4.90 Å². The Hall–Kier alpha value is -2.09. The molecule has 0 radical (unpaired) electrons. The van der Waals surface area contributed by atoms with Crippen LogP contribution in [0, 0.1) is 0 Å². The lowest BCUT2D eigenvalue weighted by Gasteiger charge is -2.31. The predicted octanol–water partition coefficient (Wildman–Crippen LogP) is 4.74. The van der Waals surface area contributed by atoms with Crippen molar-refractivity contribution in [2.24, 2.45) is 0 Å². The Bertz CT molecular complexity index is 662. The third-order valence-electron chi connectivity index (χ3n) is 3.72. The van der Waals surface area contributed by atoms with E-state index in [1.807, 2.05) is 62.9 Å². The Balaban J connectivity index is 2.58. The molecular formula is C19H23NO. The first-order valence-corrected chi connectivity index (χ1v) is 7.43. The Morgan fingerprint density at radius 2 is 1.57 bits per heavy atom. The molecule has 0 unspecified atom stereocenters. The summed E-state index contributed by atoms with van der Waals surface area (Å²) in [5.41, 5.74) is 1.62. The van der Waals surface area contributed by atoms with Crippen molar-refractivity contribution < 1.29 is 4.79 Å². The van der Waals surface area contributed by atoms with Gasteiger partial charge in [0.2, 0.25) is 0 Å². The van der Waals surface area contributed by atoms with E-state index in [1.54, 1.807) is 6.08 Å². The van der Waals surface area contributed by atoms with Gasteiger partial charge in [-0.15, -0.1) is 0 Å². The number of fused-ring (bicyclic) bond motifs is 1. The highest BCUT2D eigenvalue weighted by molar-refractivity contribution is 6.02. The van der Waals surface area contributed by atoms with E-state index in [-0.39, 0.29) is 18.0 Å². The molecule has 0 fully saturated rings. The van der Waals surface area contributed by atoms with Crippen LogP contribution in [0.2, 0.25) is 0 Å². The van der Waals surface area contributed by atoms with Gasteiger partial charge in [-0.2, -0.15) is 0 Å². The van der Waals surface area contributed by atoms with Crippen molar-refractivity contribution in [3.05, 3.63) is 54.1 Å². The molecule has 0 aliphatic heterocycles. The van der Waals surface area contributed by atoms with Crippen molar-refractivity contribution in [1.29, 1.82) is 0 Å². The van der Waals surface area contributed by atoms with Crippen LogP contribution in [0.4, 0.5) is 0 Å². The molecule has 0 aliphatic carbocycles. The monoisotopic (exact) mass is 281 g/mol. The zero-order chi connectivity index (χ0) is 15.6. The molecule has 2 rings (SSSR count). The molecule has 0 bridgehead atoms. The number of carbonyl (C=O) groups excluding carboxylic acids is 1. The SMILES string of the molecule is C=Cc1cc2ccccc2cc1C(=O)N(C(C)C)C(C)C. The predicted molar refractivity (Wildman–Crippen MR) is 90.5 cm³/mol. The molecule has 2 aromatic carbocycles. The Kier molecular flexibility index (Phi) is 4.46. The summed E-state index contributed by atoms with van der Waals surface area (Å²) in [5, 5.41) is 2.21. The molecule has 2 aromatic rings. The zero-order valence-electron chi connectivity index (χ0n) is 13.3. The topological polar surface area (TPSA) is 20.3 Å². The molecule has 0 saturated carbocycles. The first-order valence-electron chi connectivity index (χ1n) is 7.43. The van der Waals surface area contributed by atoms with E-state index in [9.17, 15) is 4.79 Å². The van der Waals surface area contributed by atoms with Crippen LogP contribution in [0.5, 0.6) is 0 Å². The standard InChI is InChI=1S/C19H23NO/c1-6-15-11-16-9-7-8-10-17(16)12-18(15)19(21)20(13(2)3)14(4)5/h6-14H,1H2,2-5H3. The van der Waals surface area contributed by atoms with Crippen LogP contribution in [-0.2, 0) is 0 Å². The third kappa shape index (κ3) is 2.99. The highest BCUT2D eigenvalue weighted by atomic mass is 16.2. The largest absolute Gasteiger partial charge is 0.334 e. The van der Waals surface area contributed by atoms with Gasteiger partial charge in [-0.1, -0.05) is 36.9 Å². The minimum Gasteiger partial charge on any atom is -0.334 e. The van der Waals surface area contributed by atoms with E-state index in [1.165, 1.54) is 0 Å². The summed E-state index contributed by atoms with van der Waals surface area (Å²) in [7, 11) is 0.